The van der Waals surface area contributed by atoms with Gasteiger partial charge in [0.25, 0.3) is 0 Å². The van der Waals surface area contributed by atoms with E-state index >= 15 is 0 Å². The van der Waals surface area contributed by atoms with E-state index in [4.69, 9.17) is 5.11 Å². The fourth-order valence-corrected chi connectivity index (χ4v) is 2.28. The van der Waals surface area contributed by atoms with Crippen molar-refractivity contribution in [2.75, 3.05) is 0 Å². The second kappa shape index (κ2) is 3.68. The number of thiol groups is 1. The summed E-state index contributed by atoms with van der Waals surface area (Å²) < 4.78 is 20.5. The minimum absolute atomic E-state index is 0.0761. The summed E-state index contributed by atoms with van der Waals surface area (Å²) in [5.74, 6) is -1.10. The van der Waals surface area contributed by atoms with Gasteiger partial charge in [-0.1, -0.05) is 0 Å². The number of carboxylic acid groups (broad SMARTS) is 1. The predicted octanol–water partition coefficient (Wildman–Crippen LogP) is 0.558. The van der Waals surface area contributed by atoms with E-state index in [0.717, 1.165) is 11.3 Å². The number of rotatable bonds is 3. The molecule has 1 N–H and O–H groups in total. The first-order chi connectivity index (χ1) is 5.59. The maximum atomic E-state index is 10.4. The van der Waals surface area contributed by atoms with Gasteiger partial charge in [0.05, 0.1) is 5.75 Å². The van der Waals surface area contributed by atoms with E-state index in [9.17, 15) is 13.2 Å². The Labute approximate surface area is 74.4 Å². The lowest BCUT2D eigenvalue weighted by Crippen LogP contribution is -1.89. The molecular weight excluding hydrogens is 200 g/mol. The summed E-state index contributed by atoms with van der Waals surface area (Å²) in [6, 6.07) is 2.92. The fraction of sp³-hybridized carbons (Fsp3) is 0.167. The molecule has 0 aromatic carbocycles. The SMILES string of the molecule is O=C(O)c1ccc(C[SH](=O)=O)s1. The van der Waals surface area contributed by atoms with Crippen LogP contribution in [-0.4, -0.2) is 19.5 Å². The molecule has 0 saturated carbocycles. The molecule has 1 aromatic rings. The molecule has 0 amide bonds. The summed E-state index contributed by atoms with van der Waals surface area (Å²) in [7, 11) is -2.47. The van der Waals surface area contributed by atoms with Crippen LogP contribution in [0.15, 0.2) is 12.1 Å². The van der Waals surface area contributed by atoms with Gasteiger partial charge >= 0.3 is 5.97 Å². The number of carboxylic acids is 1. The van der Waals surface area contributed by atoms with E-state index in [1.54, 1.807) is 0 Å². The van der Waals surface area contributed by atoms with Crippen LogP contribution in [0, 0.1) is 0 Å². The van der Waals surface area contributed by atoms with Crippen LogP contribution in [0.1, 0.15) is 14.5 Å². The van der Waals surface area contributed by atoms with Gasteiger partial charge in [0.15, 0.2) is 0 Å². The van der Waals surface area contributed by atoms with E-state index in [1.165, 1.54) is 12.1 Å². The van der Waals surface area contributed by atoms with E-state index in [2.05, 4.69) is 0 Å². The highest BCUT2D eigenvalue weighted by atomic mass is 32.2. The number of thiophene rings is 1. The summed E-state index contributed by atoms with van der Waals surface area (Å²) in [4.78, 5) is 11.1. The average molecular weight is 206 g/mol. The number of hydrogen-bond donors (Lipinski definition) is 2. The maximum absolute atomic E-state index is 10.4. The van der Waals surface area contributed by atoms with Crippen LogP contribution in [0.5, 0.6) is 0 Å². The number of hydrogen-bond acceptors (Lipinski definition) is 4. The molecule has 0 atom stereocenters. The minimum Gasteiger partial charge on any atom is -0.477 e. The third-order valence-corrected chi connectivity index (χ3v) is 3.04. The molecule has 1 rings (SSSR count). The molecule has 0 fully saturated rings. The van der Waals surface area contributed by atoms with Crippen LogP contribution < -0.4 is 0 Å². The first-order valence-electron chi connectivity index (χ1n) is 3.03. The predicted molar refractivity (Wildman–Crippen MR) is 45.3 cm³/mol. The van der Waals surface area contributed by atoms with Crippen molar-refractivity contribution in [2.45, 2.75) is 5.75 Å². The lowest BCUT2D eigenvalue weighted by Gasteiger charge is -1.84. The molecule has 1 aromatic heterocycles. The Morgan fingerprint density at radius 2 is 2.17 bits per heavy atom. The Kier molecular flexibility index (Phi) is 2.83. The second-order valence-electron chi connectivity index (χ2n) is 2.06. The van der Waals surface area contributed by atoms with E-state index in [1.807, 2.05) is 0 Å². The molecule has 0 unspecified atom stereocenters. The topological polar surface area (TPSA) is 71.4 Å². The zero-order valence-electron chi connectivity index (χ0n) is 5.89. The summed E-state index contributed by atoms with van der Waals surface area (Å²) in [6.45, 7) is 0. The first kappa shape index (κ1) is 9.21. The molecule has 4 nitrogen and oxygen atoms in total. The van der Waals surface area contributed by atoms with Gasteiger partial charge in [-0.2, -0.15) is 0 Å². The Morgan fingerprint density at radius 1 is 1.50 bits per heavy atom. The largest absolute Gasteiger partial charge is 0.477 e. The molecule has 0 aliphatic carbocycles. The lowest BCUT2D eigenvalue weighted by atomic mass is 10.4. The second-order valence-corrected chi connectivity index (χ2v) is 4.21. The third kappa shape index (κ3) is 2.31. The molecule has 0 bridgehead atoms. The summed E-state index contributed by atoms with van der Waals surface area (Å²) in [5.41, 5.74) is 0. The highest BCUT2D eigenvalue weighted by molar-refractivity contribution is 7.71. The zero-order valence-corrected chi connectivity index (χ0v) is 7.60. The highest BCUT2D eigenvalue weighted by Crippen LogP contribution is 2.16. The van der Waals surface area contributed by atoms with Gasteiger partial charge in [0, 0.05) is 4.88 Å². The summed E-state index contributed by atoms with van der Waals surface area (Å²) >= 11 is 0.986. The number of carbonyl (C=O) groups is 1. The van der Waals surface area contributed by atoms with Gasteiger partial charge in [-0.15, -0.1) is 11.3 Å². The minimum atomic E-state index is -2.47. The van der Waals surface area contributed by atoms with Crippen molar-refractivity contribution in [2.24, 2.45) is 0 Å². The maximum Gasteiger partial charge on any atom is 0.345 e. The average Bonchev–Trinajstić information content (AvgIpc) is 2.34. The standard InChI is InChI=1S/C6H6O4S2/c7-6(8)5-2-1-4(11-5)3-12(9)10/h1-2,12H,3H2,(H,7,8). The van der Waals surface area contributed by atoms with E-state index in [-0.39, 0.29) is 10.6 Å². The monoisotopic (exact) mass is 206 g/mol. The fourth-order valence-electron chi connectivity index (χ4n) is 0.705. The molecule has 1 heterocycles. The zero-order chi connectivity index (χ0) is 9.14. The molecule has 0 radical (unpaired) electrons. The van der Waals surface area contributed by atoms with Crippen molar-refractivity contribution in [1.29, 1.82) is 0 Å². The van der Waals surface area contributed by atoms with Gasteiger partial charge in [-0.3, -0.25) is 0 Å². The molecule has 66 valence electrons. The summed E-state index contributed by atoms with van der Waals surface area (Å²) in [5, 5.41) is 8.49. The van der Waals surface area contributed by atoms with Crippen LogP contribution >= 0.6 is 11.3 Å². The summed E-state index contributed by atoms with van der Waals surface area (Å²) in [6.07, 6.45) is 0. The van der Waals surface area contributed by atoms with Crippen molar-refractivity contribution < 1.29 is 18.3 Å². The van der Waals surface area contributed by atoms with Crippen molar-refractivity contribution in [3.05, 3.63) is 21.9 Å². The van der Waals surface area contributed by atoms with Gasteiger partial charge < -0.3 is 5.11 Å². The van der Waals surface area contributed by atoms with E-state index < -0.39 is 16.7 Å². The van der Waals surface area contributed by atoms with Crippen LogP contribution in [0.2, 0.25) is 0 Å². The van der Waals surface area contributed by atoms with Crippen LogP contribution in [-0.2, 0) is 16.5 Å². The van der Waals surface area contributed by atoms with Gasteiger partial charge in [-0.05, 0) is 12.1 Å². The Bertz CT molecular complexity index is 355. The van der Waals surface area contributed by atoms with Crippen LogP contribution in [0.3, 0.4) is 0 Å². The number of aromatic carboxylic acids is 1. The van der Waals surface area contributed by atoms with Gasteiger partial charge in [-0.25, -0.2) is 13.2 Å². The first-order valence-corrected chi connectivity index (χ1v) is 5.21. The Balaban J connectivity index is 2.84. The quantitative estimate of drug-likeness (QED) is 0.709. The normalized spacial score (nSPS) is 10.4. The smallest absolute Gasteiger partial charge is 0.345 e. The van der Waals surface area contributed by atoms with Gasteiger partial charge in [0.1, 0.15) is 15.6 Å². The third-order valence-electron chi connectivity index (χ3n) is 1.16. The van der Waals surface area contributed by atoms with Crippen molar-refractivity contribution in [1.82, 2.24) is 0 Å². The molecular formula is C6H6O4S2. The van der Waals surface area contributed by atoms with E-state index in [0.29, 0.717) is 4.88 Å². The molecule has 0 spiro atoms. The Hall–Kier alpha value is -0.880. The molecule has 0 saturated heterocycles. The molecule has 0 aliphatic heterocycles. The van der Waals surface area contributed by atoms with Gasteiger partial charge in [0.2, 0.25) is 0 Å². The highest BCUT2D eigenvalue weighted by Gasteiger charge is 2.06. The van der Waals surface area contributed by atoms with Crippen LogP contribution in [0.4, 0.5) is 0 Å². The molecule has 12 heavy (non-hydrogen) atoms. The van der Waals surface area contributed by atoms with Crippen molar-refractivity contribution >= 4 is 28.0 Å². The molecule has 6 heteroatoms. The lowest BCUT2D eigenvalue weighted by molar-refractivity contribution is 0.0702. The van der Waals surface area contributed by atoms with Crippen LogP contribution in [0.25, 0.3) is 0 Å². The van der Waals surface area contributed by atoms with Crippen molar-refractivity contribution in [3.8, 4) is 0 Å². The molecule has 0 aliphatic rings. The van der Waals surface area contributed by atoms with Crippen molar-refractivity contribution in [3.63, 3.8) is 0 Å². The Morgan fingerprint density at radius 3 is 2.58 bits per heavy atom.